The first-order chi connectivity index (χ1) is 11.3. The van der Waals surface area contributed by atoms with Crippen LogP contribution in [0, 0.1) is 24.7 Å². The predicted octanol–water partition coefficient (Wildman–Crippen LogP) is 3.86. The lowest BCUT2D eigenvalue weighted by molar-refractivity contribution is 0.426. The third-order valence-electron chi connectivity index (χ3n) is 5.19. The van der Waals surface area contributed by atoms with Crippen molar-refractivity contribution in [2.75, 3.05) is 11.9 Å². The Bertz CT molecular complexity index is 725. The van der Waals surface area contributed by atoms with Crippen molar-refractivity contribution in [1.29, 1.82) is 0 Å². The summed E-state index contributed by atoms with van der Waals surface area (Å²) in [6.45, 7) is 3.01. The lowest BCUT2D eigenvalue weighted by Crippen LogP contribution is -2.14. The van der Waals surface area contributed by atoms with Gasteiger partial charge in [0, 0.05) is 12.1 Å². The van der Waals surface area contributed by atoms with E-state index in [1.807, 2.05) is 12.1 Å². The van der Waals surface area contributed by atoms with Crippen molar-refractivity contribution >= 4 is 5.95 Å². The number of hydrogen-bond acceptors (Lipinski definition) is 4. The summed E-state index contributed by atoms with van der Waals surface area (Å²) in [4.78, 5) is 4.62. The summed E-state index contributed by atoms with van der Waals surface area (Å²) in [7, 11) is 0. The number of nitrogens with one attached hydrogen (secondary N) is 1. The smallest absolute Gasteiger partial charge is 0.243 e. The van der Waals surface area contributed by atoms with E-state index >= 15 is 0 Å². The number of allylic oxidation sites excluding steroid dienone is 2. The molecule has 0 radical (unpaired) electrons. The minimum Gasteiger partial charge on any atom is -0.353 e. The fourth-order valence-electron chi connectivity index (χ4n) is 3.96. The van der Waals surface area contributed by atoms with Crippen molar-refractivity contribution < 1.29 is 0 Å². The highest BCUT2D eigenvalue weighted by molar-refractivity contribution is 5.63. The Morgan fingerprint density at radius 2 is 2.09 bits per heavy atom. The number of fused-ring (bicyclic) bond motifs is 2. The van der Waals surface area contributed by atoms with E-state index in [-0.39, 0.29) is 0 Å². The molecule has 118 valence electrons. The first kappa shape index (κ1) is 14.4. The number of hydrogen-bond donors (Lipinski definition) is 1. The molecule has 1 aromatic heterocycles. The highest BCUT2D eigenvalue weighted by atomic mass is 15.2. The van der Waals surface area contributed by atoms with E-state index in [0.717, 1.165) is 35.6 Å². The third kappa shape index (κ3) is 2.98. The van der Waals surface area contributed by atoms with Crippen molar-refractivity contribution in [2.45, 2.75) is 26.2 Å². The molecule has 0 saturated heterocycles. The average molecular weight is 306 g/mol. The summed E-state index contributed by atoms with van der Waals surface area (Å²) in [6.07, 6.45) is 10.4. The van der Waals surface area contributed by atoms with Gasteiger partial charge in [0.1, 0.15) is 0 Å². The molecule has 1 N–H and O–H groups in total. The number of rotatable bonds is 5. The lowest BCUT2D eigenvalue weighted by Gasteiger charge is -2.17. The summed E-state index contributed by atoms with van der Waals surface area (Å²) in [5, 5.41) is 11.6. The molecule has 1 heterocycles. The van der Waals surface area contributed by atoms with Crippen LogP contribution in [-0.4, -0.2) is 21.7 Å². The van der Waals surface area contributed by atoms with Gasteiger partial charge in [0.25, 0.3) is 0 Å². The molecule has 4 rings (SSSR count). The Hall–Kier alpha value is -2.23. The molecule has 2 aliphatic rings. The molecule has 1 saturated carbocycles. The van der Waals surface area contributed by atoms with Gasteiger partial charge in [-0.2, -0.15) is 5.10 Å². The van der Waals surface area contributed by atoms with Crippen LogP contribution in [0.4, 0.5) is 5.95 Å². The molecule has 0 unspecified atom stereocenters. The number of aromatic nitrogens is 3. The quantitative estimate of drug-likeness (QED) is 0.852. The van der Waals surface area contributed by atoms with Gasteiger partial charge in [-0.25, -0.2) is 4.98 Å². The monoisotopic (exact) mass is 306 g/mol. The average Bonchev–Trinajstić information content (AvgIpc) is 3.19. The van der Waals surface area contributed by atoms with E-state index < -0.39 is 0 Å². The van der Waals surface area contributed by atoms with Crippen LogP contribution in [0.25, 0.3) is 11.3 Å². The van der Waals surface area contributed by atoms with Crippen LogP contribution in [0.15, 0.2) is 42.6 Å². The van der Waals surface area contributed by atoms with Gasteiger partial charge in [0.15, 0.2) is 0 Å². The minimum absolute atomic E-state index is 0.629. The topological polar surface area (TPSA) is 50.7 Å². The zero-order valence-electron chi connectivity index (χ0n) is 13.4. The summed E-state index contributed by atoms with van der Waals surface area (Å²) in [5.74, 6) is 3.10. The van der Waals surface area contributed by atoms with E-state index in [1.54, 1.807) is 6.20 Å². The van der Waals surface area contributed by atoms with E-state index in [1.165, 1.54) is 24.8 Å². The van der Waals surface area contributed by atoms with E-state index in [4.69, 9.17) is 0 Å². The van der Waals surface area contributed by atoms with Gasteiger partial charge < -0.3 is 5.32 Å². The van der Waals surface area contributed by atoms with Crippen molar-refractivity contribution in [1.82, 2.24) is 15.2 Å². The Balaban J connectivity index is 1.39. The Morgan fingerprint density at radius 1 is 1.17 bits per heavy atom. The first-order valence-corrected chi connectivity index (χ1v) is 8.47. The molecule has 0 spiro atoms. The Kier molecular flexibility index (Phi) is 3.82. The molecule has 2 aromatic rings. The molecule has 0 aliphatic heterocycles. The third-order valence-corrected chi connectivity index (χ3v) is 5.19. The highest BCUT2D eigenvalue weighted by Crippen LogP contribution is 2.44. The fourth-order valence-corrected chi connectivity index (χ4v) is 3.96. The van der Waals surface area contributed by atoms with Crippen LogP contribution in [0.2, 0.25) is 0 Å². The van der Waals surface area contributed by atoms with Crippen molar-refractivity contribution in [3.05, 3.63) is 48.2 Å². The van der Waals surface area contributed by atoms with Crippen molar-refractivity contribution in [3.8, 4) is 11.3 Å². The molecule has 1 aromatic carbocycles. The van der Waals surface area contributed by atoms with Crippen molar-refractivity contribution in [3.63, 3.8) is 0 Å². The summed E-state index contributed by atoms with van der Waals surface area (Å²) in [6, 6.07) is 8.23. The van der Waals surface area contributed by atoms with Gasteiger partial charge in [-0.3, -0.25) is 0 Å². The molecule has 2 bridgehead atoms. The molecular formula is C19H22N4. The van der Waals surface area contributed by atoms with Gasteiger partial charge >= 0.3 is 0 Å². The van der Waals surface area contributed by atoms with E-state index in [9.17, 15) is 0 Å². The maximum Gasteiger partial charge on any atom is 0.243 e. The predicted molar refractivity (Wildman–Crippen MR) is 92.0 cm³/mol. The molecule has 2 aliphatic carbocycles. The zero-order chi connectivity index (χ0) is 15.6. The first-order valence-electron chi connectivity index (χ1n) is 8.47. The molecule has 23 heavy (non-hydrogen) atoms. The molecule has 3 atom stereocenters. The largest absolute Gasteiger partial charge is 0.353 e. The number of benzene rings is 1. The SMILES string of the molecule is Cc1ccccc1-c1cnnc(NCC[C@@H]2C[C@@H]3C=C[C@H]2C3)n1. The summed E-state index contributed by atoms with van der Waals surface area (Å²) >= 11 is 0. The second-order valence-electron chi connectivity index (χ2n) is 6.74. The summed E-state index contributed by atoms with van der Waals surface area (Å²) in [5.41, 5.74) is 3.19. The lowest BCUT2D eigenvalue weighted by atomic mass is 9.91. The number of aryl methyl sites for hydroxylation is 1. The van der Waals surface area contributed by atoms with Gasteiger partial charge in [-0.1, -0.05) is 36.4 Å². The number of anilines is 1. The summed E-state index contributed by atoms with van der Waals surface area (Å²) < 4.78 is 0. The normalized spacial score (nSPS) is 25.0. The molecule has 4 heteroatoms. The van der Waals surface area contributed by atoms with Crippen LogP contribution in [0.5, 0.6) is 0 Å². The Labute approximate surface area is 137 Å². The molecule has 0 amide bonds. The van der Waals surface area contributed by atoms with Gasteiger partial charge in [0.05, 0.1) is 11.9 Å². The molecule has 4 nitrogen and oxygen atoms in total. The van der Waals surface area contributed by atoms with E-state index in [0.29, 0.717) is 5.95 Å². The van der Waals surface area contributed by atoms with Crippen molar-refractivity contribution in [2.24, 2.45) is 17.8 Å². The Morgan fingerprint density at radius 3 is 2.87 bits per heavy atom. The van der Waals surface area contributed by atoms with Gasteiger partial charge in [0.2, 0.25) is 5.95 Å². The number of nitrogens with zero attached hydrogens (tertiary/aromatic N) is 3. The fraction of sp³-hybridized carbons (Fsp3) is 0.421. The molecular weight excluding hydrogens is 284 g/mol. The highest BCUT2D eigenvalue weighted by Gasteiger charge is 2.34. The van der Waals surface area contributed by atoms with Crippen LogP contribution >= 0.6 is 0 Å². The second kappa shape index (κ2) is 6.11. The maximum atomic E-state index is 4.62. The van der Waals surface area contributed by atoms with Gasteiger partial charge in [-0.15, -0.1) is 5.10 Å². The molecule has 1 fully saturated rings. The standard InChI is InChI=1S/C19H22N4/c1-13-4-2-3-5-17(13)18-12-21-23-19(22-18)20-9-8-16-11-14-6-7-15(16)10-14/h2-7,12,14-16H,8-11H2,1H3,(H,20,22,23)/t14-,15+,16-/m1/s1. The second-order valence-corrected chi connectivity index (χ2v) is 6.74. The van der Waals surface area contributed by atoms with Crippen LogP contribution in [-0.2, 0) is 0 Å². The van der Waals surface area contributed by atoms with Crippen LogP contribution in [0.1, 0.15) is 24.8 Å². The van der Waals surface area contributed by atoms with Gasteiger partial charge in [-0.05, 0) is 49.5 Å². The maximum absolute atomic E-state index is 4.62. The van der Waals surface area contributed by atoms with E-state index in [2.05, 4.69) is 51.7 Å². The zero-order valence-corrected chi connectivity index (χ0v) is 13.4. The van der Waals surface area contributed by atoms with Crippen LogP contribution in [0.3, 0.4) is 0 Å². The minimum atomic E-state index is 0.629. The van der Waals surface area contributed by atoms with Crippen LogP contribution < -0.4 is 5.32 Å².